The maximum atomic E-state index is 13.0. The first-order valence-electron chi connectivity index (χ1n) is 10.2. The molecule has 0 heterocycles. The number of hydrogen-bond acceptors (Lipinski definition) is 3. The molecule has 2 fully saturated rings. The number of ether oxygens (including phenoxy) is 1. The molecule has 0 unspecified atom stereocenters. The van der Waals surface area contributed by atoms with Crippen LogP contribution in [0.5, 0.6) is 0 Å². The van der Waals surface area contributed by atoms with Gasteiger partial charge in [-0.2, -0.15) is 0 Å². The fourth-order valence-corrected chi connectivity index (χ4v) is 4.48. The molecule has 26 heavy (non-hydrogen) atoms. The molecule has 2 saturated carbocycles. The van der Waals surface area contributed by atoms with Gasteiger partial charge in [0.15, 0.2) is 6.61 Å². The molecule has 0 atom stereocenters. The molecule has 0 bridgehead atoms. The van der Waals surface area contributed by atoms with Crippen molar-refractivity contribution in [3.8, 4) is 0 Å². The molecule has 4 nitrogen and oxygen atoms in total. The molecule has 142 valence electrons. The number of carbonyl (C=O) groups is 2. The average Bonchev–Trinajstić information content (AvgIpc) is 2.68. The lowest BCUT2D eigenvalue weighted by Crippen LogP contribution is -2.50. The van der Waals surface area contributed by atoms with Crippen molar-refractivity contribution in [1.29, 1.82) is 0 Å². The fourth-order valence-electron chi connectivity index (χ4n) is 4.48. The molecule has 3 rings (SSSR count). The second-order valence-corrected chi connectivity index (χ2v) is 7.83. The number of amides is 1. The van der Waals surface area contributed by atoms with Crippen LogP contribution in [0, 0.1) is 6.92 Å². The lowest BCUT2D eigenvalue weighted by atomic mass is 9.88. The summed E-state index contributed by atoms with van der Waals surface area (Å²) in [5.41, 5.74) is 1.52. The molecule has 0 saturated heterocycles. The summed E-state index contributed by atoms with van der Waals surface area (Å²) in [5, 5.41) is 0. The molecular weight excluding hydrogens is 326 g/mol. The van der Waals surface area contributed by atoms with Gasteiger partial charge in [0, 0.05) is 12.1 Å². The fraction of sp³-hybridized carbons (Fsp3) is 0.636. The Hall–Kier alpha value is -1.84. The van der Waals surface area contributed by atoms with E-state index in [4.69, 9.17) is 4.74 Å². The molecule has 2 aliphatic rings. The minimum absolute atomic E-state index is 0.00944. The zero-order valence-electron chi connectivity index (χ0n) is 15.9. The predicted octanol–water partition coefficient (Wildman–Crippen LogP) is 4.65. The normalized spacial score (nSPS) is 19.1. The van der Waals surface area contributed by atoms with E-state index in [1.54, 1.807) is 12.1 Å². The maximum Gasteiger partial charge on any atom is 0.338 e. The van der Waals surface area contributed by atoms with Crippen molar-refractivity contribution in [3.05, 3.63) is 35.4 Å². The largest absolute Gasteiger partial charge is 0.452 e. The zero-order valence-corrected chi connectivity index (χ0v) is 15.9. The smallest absolute Gasteiger partial charge is 0.338 e. The number of benzene rings is 1. The van der Waals surface area contributed by atoms with Crippen LogP contribution in [0.25, 0.3) is 0 Å². The van der Waals surface area contributed by atoms with Crippen molar-refractivity contribution in [3.63, 3.8) is 0 Å². The first kappa shape index (κ1) is 18.9. The van der Waals surface area contributed by atoms with Gasteiger partial charge < -0.3 is 9.64 Å². The van der Waals surface area contributed by atoms with E-state index in [1.165, 1.54) is 38.5 Å². The van der Waals surface area contributed by atoms with Gasteiger partial charge in [-0.05, 0) is 44.7 Å². The minimum atomic E-state index is -0.408. The Balaban J connectivity index is 1.63. The quantitative estimate of drug-likeness (QED) is 0.721. The molecule has 0 radical (unpaired) electrons. The molecular formula is C22H31NO3. The average molecular weight is 357 g/mol. The summed E-state index contributed by atoms with van der Waals surface area (Å²) < 4.78 is 5.38. The van der Waals surface area contributed by atoms with Crippen molar-refractivity contribution in [2.24, 2.45) is 0 Å². The van der Waals surface area contributed by atoms with Crippen molar-refractivity contribution >= 4 is 11.9 Å². The van der Waals surface area contributed by atoms with Crippen LogP contribution in [0.4, 0.5) is 0 Å². The van der Waals surface area contributed by atoms with Crippen LogP contribution in [0.15, 0.2) is 24.3 Å². The number of rotatable bonds is 5. The third-order valence-corrected chi connectivity index (χ3v) is 5.80. The second kappa shape index (κ2) is 9.20. The van der Waals surface area contributed by atoms with E-state index < -0.39 is 5.97 Å². The predicted molar refractivity (Wildman–Crippen MR) is 102 cm³/mol. The molecule has 4 heteroatoms. The molecule has 1 aromatic carbocycles. The van der Waals surface area contributed by atoms with E-state index in [-0.39, 0.29) is 12.5 Å². The lowest BCUT2D eigenvalue weighted by molar-refractivity contribution is -0.141. The van der Waals surface area contributed by atoms with Gasteiger partial charge in [0.05, 0.1) is 5.56 Å². The Morgan fingerprint density at radius 2 is 1.54 bits per heavy atom. The van der Waals surface area contributed by atoms with Crippen LogP contribution in [0.1, 0.15) is 80.1 Å². The monoisotopic (exact) mass is 357 g/mol. The first-order chi connectivity index (χ1) is 12.6. The standard InChI is InChI=1S/C22H31NO3/c1-17-9-8-10-18(15-17)22(25)26-16-21(24)23(19-11-4-2-5-12-19)20-13-6-3-7-14-20/h8-10,15,19-20H,2-7,11-14,16H2,1H3. The molecule has 0 aliphatic heterocycles. The van der Waals surface area contributed by atoms with E-state index in [0.717, 1.165) is 31.2 Å². The van der Waals surface area contributed by atoms with Gasteiger partial charge in [-0.15, -0.1) is 0 Å². The topological polar surface area (TPSA) is 46.6 Å². The van der Waals surface area contributed by atoms with Crippen LogP contribution >= 0.6 is 0 Å². The highest BCUT2D eigenvalue weighted by molar-refractivity contribution is 5.91. The van der Waals surface area contributed by atoms with E-state index in [2.05, 4.69) is 4.90 Å². The molecule has 2 aliphatic carbocycles. The summed E-state index contributed by atoms with van der Waals surface area (Å²) in [6.45, 7) is 1.80. The van der Waals surface area contributed by atoms with Gasteiger partial charge in [0.25, 0.3) is 5.91 Å². The number of nitrogens with zero attached hydrogens (tertiary/aromatic N) is 1. The third kappa shape index (κ3) is 4.87. The molecule has 0 N–H and O–H groups in total. The van der Waals surface area contributed by atoms with Gasteiger partial charge in [-0.1, -0.05) is 56.2 Å². The number of esters is 1. The third-order valence-electron chi connectivity index (χ3n) is 5.80. The summed E-state index contributed by atoms with van der Waals surface area (Å²) in [7, 11) is 0. The second-order valence-electron chi connectivity index (χ2n) is 7.83. The molecule has 0 aromatic heterocycles. The first-order valence-corrected chi connectivity index (χ1v) is 10.2. The van der Waals surface area contributed by atoms with Crippen LogP contribution < -0.4 is 0 Å². The number of hydrogen-bond donors (Lipinski definition) is 0. The highest BCUT2D eigenvalue weighted by Crippen LogP contribution is 2.30. The lowest BCUT2D eigenvalue weighted by Gasteiger charge is -2.41. The van der Waals surface area contributed by atoms with E-state index in [0.29, 0.717) is 17.6 Å². The molecule has 0 spiro atoms. The Kier molecular flexibility index (Phi) is 6.70. The van der Waals surface area contributed by atoms with Gasteiger partial charge in [0.2, 0.25) is 0 Å². The highest BCUT2D eigenvalue weighted by Gasteiger charge is 2.32. The van der Waals surface area contributed by atoms with Crippen LogP contribution in [-0.4, -0.2) is 35.5 Å². The Bertz CT molecular complexity index is 598. The Morgan fingerprint density at radius 3 is 2.08 bits per heavy atom. The summed E-state index contributed by atoms with van der Waals surface area (Å²) in [6, 6.07) is 7.97. The van der Waals surface area contributed by atoms with Gasteiger partial charge in [0.1, 0.15) is 0 Å². The number of carbonyl (C=O) groups excluding carboxylic acids is 2. The zero-order chi connectivity index (χ0) is 18.4. The van der Waals surface area contributed by atoms with Gasteiger partial charge in [-0.3, -0.25) is 4.79 Å². The maximum absolute atomic E-state index is 13.0. The van der Waals surface area contributed by atoms with E-state index >= 15 is 0 Å². The summed E-state index contributed by atoms with van der Waals surface area (Å²) >= 11 is 0. The summed E-state index contributed by atoms with van der Waals surface area (Å²) in [6.07, 6.45) is 11.7. The van der Waals surface area contributed by atoms with Crippen molar-refractivity contribution in [1.82, 2.24) is 4.90 Å². The summed E-state index contributed by atoms with van der Waals surface area (Å²) in [4.78, 5) is 27.4. The van der Waals surface area contributed by atoms with Crippen LogP contribution in [-0.2, 0) is 9.53 Å². The summed E-state index contributed by atoms with van der Waals surface area (Å²) in [5.74, 6) is -0.418. The SMILES string of the molecule is Cc1cccc(C(=O)OCC(=O)N(C2CCCCC2)C2CCCCC2)c1. The molecule has 1 aromatic rings. The van der Waals surface area contributed by atoms with Crippen molar-refractivity contribution in [2.45, 2.75) is 83.2 Å². The van der Waals surface area contributed by atoms with Crippen LogP contribution in [0.2, 0.25) is 0 Å². The minimum Gasteiger partial charge on any atom is -0.452 e. The Labute approximate surface area is 156 Å². The Morgan fingerprint density at radius 1 is 0.962 bits per heavy atom. The van der Waals surface area contributed by atoms with E-state index in [9.17, 15) is 9.59 Å². The van der Waals surface area contributed by atoms with Gasteiger partial charge >= 0.3 is 5.97 Å². The highest BCUT2D eigenvalue weighted by atomic mass is 16.5. The number of aryl methyl sites for hydroxylation is 1. The van der Waals surface area contributed by atoms with E-state index in [1.807, 2.05) is 19.1 Å². The van der Waals surface area contributed by atoms with Crippen molar-refractivity contribution < 1.29 is 14.3 Å². The van der Waals surface area contributed by atoms with Crippen molar-refractivity contribution in [2.75, 3.05) is 6.61 Å². The van der Waals surface area contributed by atoms with Crippen LogP contribution in [0.3, 0.4) is 0 Å². The molecule has 1 amide bonds. The van der Waals surface area contributed by atoms with Gasteiger partial charge in [-0.25, -0.2) is 4.79 Å².